The van der Waals surface area contributed by atoms with Gasteiger partial charge in [0.2, 0.25) is 0 Å². The Morgan fingerprint density at radius 2 is 2.16 bits per heavy atom. The summed E-state index contributed by atoms with van der Waals surface area (Å²) in [6.07, 6.45) is 1.71. The highest BCUT2D eigenvalue weighted by Gasteiger charge is 2.12. The summed E-state index contributed by atoms with van der Waals surface area (Å²) < 4.78 is 1.96. The van der Waals surface area contributed by atoms with E-state index in [1.54, 1.807) is 6.20 Å². The van der Waals surface area contributed by atoms with Crippen molar-refractivity contribution >= 4 is 17.3 Å². The zero-order valence-corrected chi connectivity index (χ0v) is 12.3. The van der Waals surface area contributed by atoms with Crippen molar-refractivity contribution in [3.8, 4) is 11.3 Å². The number of rotatable bonds is 5. The van der Waals surface area contributed by atoms with Gasteiger partial charge in [0.05, 0.1) is 23.5 Å². The Morgan fingerprint density at radius 1 is 1.37 bits per heavy atom. The standard InChI is InChI=1S/C14H19ClN4/c1-16-12-6-4-5-11(9-12)14-13(15)10-17-19(14)8-7-18(2)3/h4-6,9-10,16H,7-8H2,1-3H3. The summed E-state index contributed by atoms with van der Waals surface area (Å²) in [7, 11) is 6.00. The van der Waals surface area contributed by atoms with E-state index < -0.39 is 0 Å². The normalized spacial score (nSPS) is 11.0. The Morgan fingerprint density at radius 3 is 2.84 bits per heavy atom. The molecule has 0 aliphatic rings. The maximum absolute atomic E-state index is 6.27. The minimum Gasteiger partial charge on any atom is -0.388 e. The van der Waals surface area contributed by atoms with Crippen molar-refractivity contribution in [2.24, 2.45) is 0 Å². The lowest BCUT2D eigenvalue weighted by atomic mass is 10.1. The van der Waals surface area contributed by atoms with Crippen molar-refractivity contribution < 1.29 is 0 Å². The van der Waals surface area contributed by atoms with Crippen LogP contribution in [0.25, 0.3) is 11.3 Å². The SMILES string of the molecule is CNc1cccc(-c2c(Cl)cnn2CCN(C)C)c1. The summed E-state index contributed by atoms with van der Waals surface area (Å²) in [5, 5.41) is 8.18. The number of aromatic nitrogens is 2. The monoisotopic (exact) mass is 278 g/mol. The molecule has 2 rings (SSSR count). The highest BCUT2D eigenvalue weighted by Crippen LogP contribution is 2.29. The minimum absolute atomic E-state index is 0.687. The van der Waals surface area contributed by atoms with E-state index in [0.717, 1.165) is 30.0 Å². The van der Waals surface area contributed by atoms with Crippen LogP contribution in [0.15, 0.2) is 30.5 Å². The Kier molecular flexibility index (Phi) is 4.45. The van der Waals surface area contributed by atoms with E-state index in [9.17, 15) is 0 Å². The number of hydrogen-bond donors (Lipinski definition) is 1. The molecule has 0 amide bonds. The zero-order chi connectivity index (χ0) is 13.8. The van der Waals surface area contributed by atoms with E-state index in [4.69, 9.17) is 11.6 Å². The number of benzene rings is 1. The molecule has 102 valence electrons. The Balaban J connectivity index is 2.34. The zero-order valence-electron chi connectivity index (χ0n) is 11.5. The van der Waals surface area contributed by atoms with Crippen LogP contribution in [0.2, 0.25) is 5.02 Å². The Hall–Kier alpha value is -1.52. The van der Waals surface area contributed by atoms with E-state index in [1.165, 1.54) is 0 Å². The van der Waals surface area contributed by atoms with E-state index in [-0.39, 0.29) is 0 Å². The molecule has 0 aliphatic carbocycles. The Labute approximate surface area is 119 Å². The van der Waals surface area contributed by atoms with Crippen molar-refractivity contribution in [3.05, 3.63) is 35.5 Å². The smallest absolute Gasteiger partial charge is 0.0870 e. The summed E-state index contributed by atoms with van der Waals surface area (Å²) in [6.45, 7) is 1.75. The van der Waals surface area contributed by atoms with Crippen LogP contribution in [-0.4, -0.2) is 42.4 Å². The second-order valence-corrected chi connectivity index (χ2v) is 5.11. The molecule has 0 saturated heterocycles. The topological polar surface area (TPSA) is 33.1 Å². The lowest BCUT2D eigenvalue weighted by Crippen LogP contribution is -2.19. The molecule has 2 aromatic rings. The van der Waals surface area contributed by atoms with E-state index in [1.807, 2.05) is 38.0 Å². The molecule has 1 aromatic heterocycles. The second kappa shape index (κ2) is 6.08. The van der Waals surface area contributed by atoms with Crippen molar-refractivity contribution in [2.45, 2.75) is 6.54 Å². The molecular weight excluding hydrogens is 260 g/mol. The molecule has 0 fully saturated rings. The molecule has 0 spiro atoms. The van der Waals surface area contributed by atoms with Crippen molar-refractivity contribution in [1.29, 1.82) is 0 Å². The predicted octanol–water partition coefficient (Wildman–Crippen LogP) is 2.81. The first-order valence-corrected chi connectivity index (χ1v) is 6.64. The van der Waals surface area contributed by atoms with Crippen molar-refractivity contribution in [1.82, 2.24) is 14.7 Å². The van der Waals surface area contributed by atoms with E-state index in [2.05, 4.69) is 27.4 Å². The maximum atomic E-state index is 6.27. The van der Waals surface area contributed by atoms with Gasteiger partial charge in [0, 0.05) is 24.8 Å². The van der Waals surface area contributed by atoms with Crippen LogP contribution in [0.4, 0.5) is 5.69 Å². The molecule has 19 heavy (non-hydrogen) atoms. The summed E-state index contributed by atoms with van der Waals surface area (Å²) >= 11 is 6.27. The third-order valence-corrected chi connectivity index (χ3v) is 3.26. The van der Waals surface area contributed by atoms with E-state index in [0.29, 0.717) is 5.02 Å². The summed E-state index contributed by atoms with van der Waals surface area (Å²) in [5.74, 6) is 0. The number of anilines is 1. The number of nitrogens with zero attached hydrogens (tertiary/aromatic N) is 3. The lowest BCUT2D eigenvalue weighted by molar-refractivity contribution is 0.374. The van der Waals surface area contributed by atoms with Crippen LogP contribution in [0.1, 0.15) is 0 Å². The predicted molar refractivity (Wildman–Crippen MR) is 80.8 cm³/mol. The molecule has 1 aromatic carbocycles. The van der Waals surface area contributed by atoms with Gasteiger partial charge < -0.3 is 10.2 Å². The van der Waals surface area contributed by atoms with Crippen LogP contribution in [-0.2, 0) is 6.54 Å². The molecule has 0 bridgehead atoms. The van der Waals surface area contributed by atoms with Gasteiger partial charge in [-0.05, 0) is 26.2 Å². The molecule has 1 N–H and O–H groups in total. The first kappa shape index (κ1) is 13.9. The summed E-state index contributed by atoms with van der Waals surface area (Å²) in [6, 6.07) is 8.17. The number of hydrogen-bond acceptors (Lipinski definition) is 3. The summed E-state index contributed by atoms with van der Waals surface area (Å²) in [4.78, 5) is 2.13. The molecule has 1 heterocycles. The molecule has 4 nitrogen and oxygen atoms in total. The number of likely N-dealkylation sites (N-methyl/N-ethyl adjacent to an activating group) is 1. The van der Waals surface area contributed by atoms with Crippen molar-refractivity contribution in [2.75, 3.05) is 33.0 Å². The van der Waals surface area contributed by atoms with Gasteiger partial charge in [-0.1, -0.05) is 23.7 Å². The van der Waals surface area contributed by atoms with Crippen LogP contribution >= 0.6 is 11.6 Å². The molecule has 0 aliphatic heterocycles. The first-order valence-electron chi connectivity index (χ1n) is 6.26. The molecule has 0 saturated carbocycles. The number of nitrogens with one attached hydrogen (secondary N) is 1. The first-order chi connectivity index (χ1) is 9.11. The van der Waals surface area contributed by atoms with Crippen LogP contribution in [0, 0.1) is 0 Å². The van der Waals surface area contributed by atoms with Gasteiger partial charge >= 0.3 is 0 Å². The minimum atomic E-state index is 0.687. The maximum Gasteiger partial charge on any atom is 0.0870 e. The lowest BCUT2D eigenvalue weighted by Gasteiger charge is -2.13. The second-order valence-electron chi connectivity index (χ2n) is 4.70. The highest BCUT2D eigenvalue weighted by molar-refractivity contribution is 6.33. The fraction of sp³-hybridized carbons (Fsp3) is 0.357. The molecular formula is C14H19ClN4. The van der Waals surface area contributed by atoms with Crippen LogP contribution < -0.4 is 5.32 Å². The fourth-order valence-corrected chi connectivity index (χ4v) is 2.19. The quantitative estimate of drug-likeness (QED) is 0.913. The van der Waals surface area contributed by atoms with Crippen molar-refractivity contribution in [3.63, 3.8) is 0 Å². The largest absolute Gasteiger partial charge is 0.388 e. The third-order valence-electron chi connectivity index (χ3n) is 2.98. The number of halogens is 1. The molecule has 5 heteroatoms. The molecule has 0 unspecified atom stereocenters. The van der Waals surface area contributed by atoms with Crippen LogP contribution in [0.3, 0.4) is 0 Å². The average Bonchev–Trinajstić information content (AvgIpc) is 2.77. The average molecular weight is 279 g/mol. The summed E-state index contributed by atoms with van der Waals surface area (Å²) in [5.41, 5.74) is 3.11. The van der Waals surface area contributed by atoms with Gasteiger partial charge in [-0.15, -0.1) is 0 Å². The van der Waals surface area contributed by atoms with Gasteiger partial charge in [-0.25, -0.2) is 0 Å². The van der Waals surface area contributed by atoms with Gasteiger partial charge in [0.15, 0.2) is 0 Å². The molecule has 0 radical (unpaired) electrons. The van der Waals surface area contributed by atoms with Gasteiger partial charge in [-0.3, -0.25) is 4.68 Å². The Bertz CT molecular complexity index is 548. The van der Waals surface area contributed by atoms with Gasteiger partial charge in [0.1, 0.15) is 0 Å². The van der Waals surface area contributed by atoms with Crippen LogP contribution in [0.5, 0.6) is 0 Å². The third kappa shape index (κ3) is 3.28. The fourth-order valence-electron chi connectivity index (χ4n) is 1.94. The highest BCUT2D eigenvalue weighted by atomic mass is 35.5. The van der Waals surface area contributed by atoms with Gasteiger partial charge in [-0.2, -0.15) is 5.10 Å². The molecule has 0 atom stereocenters. The van der Waals surface area contributed by atoms with Gasteiger partial charge in [0.25, 0.3) is 0 Å². The van der Waals surface area contributed by atoms with E-state index >= 15 is 0 Å².